The Hall–Kier alpha value is -0.690. The van der Waals surface area contributed by atoms with Crippen LogP contribution in [0.15, 0.2) is 18.2 Å². The molecule has 18 heavy (non-hydrogen) atoms. The van der Waals surface area contributed by atoms with E-state index >= 15 is 0 Å². The summed E-state index contributed by atoms with van der Waals surface area (Å²) >= 11 is 1.99. The van der Waals surface area contributed by atoms with Gasteiger partial charge in [-0.3, -0.25) is 4.79 Å². The van der Waals surface area contributed by atoms with Crippen LogP contribution in [0.3, 0.4) is 0 Å². The maximum atomic E-state index is 13.0. The Morgan fingerprint density at radius 3 is 3.06 bits per heavy atom. The maximum absolute atomic E-state index is 13.0. The molecule has 0 aliphatic carbocycles. The summed E-state index contributed by atoms with van der Waals surface area (Å²) in [7, 11) is 0. The van der Waals surface area contributed by atoms with Crippen molar-refractivity contribution < 1.29 is 13.9 Å². The van der Waals surface area contributed by atoms with Crippen molar-refractivity contribution in [1.29, 1.82) is 0 Å². The third-order valence-electron chi connectivity index (χ3n) is 3.04. The van der Waals surface area contributed by atoms with Crippen LogP contribution < -0.4 is 0 Å². The van der Waals surface area contributed by atoms with Crippen molar-refractivity contribution in [3.8, 4) is 0 Å². The zero-order valence-electron chi connectivity index (χ0n) is 10.2. The van der Waals surface area contributed by atoms with Crippen molar-refractivity contribution in [1.82, 2.24) is 4.90 Å². The Morgan fingerprint density at radius 2 is 2.39 bits per heavy atom. The van der Waals surface area contributed by atoms with Gasteiger partial charge >= 0.3 is 0 Å². The molecule has 0 radical (unpaired) electrons. The second-order valence-electron chi connectivity index (χ2n) is 4.28. The number of carbonyl (C=O) groups is 1. The summed E-state index contributed by atoms with van der Waals surface area (Å²) in [5.41, 5.74) is 0.564. The van der Waals surface area contributed by atoms with Crippen LogP contribution in [-0.4, -0.2) is 36.6 Å². The molecule has 1 saturated heterocycles. The molecule has 2 rings (SSSR count). The molecule has 3 nitrogen and oxygen atoms in total. The molecule has 1 aliphatic heterocycles. The van der Waals surface area contributed by atoms with Gasteiger partial charge in [0, 0.05) is 16.7 Å². The molecule has 1 fully saturated rings. The van der Waals surface area contributed by atoms with Crippen molar-refractivity contribution >= 4 is 28.5 Å². The first-order valence-electron chi connectivity index (χ1n) is 5.97. The Bertz CT molecular complexity index is 453. The van der Waals surface area contributed by atoms with E-state index in [2.05, 4.69) is 0 Å². The van der Waals surface area contributed by atoms with Crippen LogP contribution in [0.4, 0.5) is 4.39 Å². The Labute approximate surface area is 119 Å². The second-order valence-corrected chi connectivity index (χ2v) is 5.44. The van der Waals surface area contributed by atoms with Crippen molar-refractivity contribution in [3.63, 3.8) is 0 Å². The minimum atomic E-state index is -0.315. The molecule has 0 bridgehead atoms. The van der Waals surface area contributed by atoms with Crippen molar-refractivity contribution in [2.24, 2.45) is 0 Å². The summed E-state index contributed by atoms with van der Waals surface area (Å²) in [5, 5.41) is 0. The van der Waals surface area contributed by atoms with Crippen molar-refractivity contribution in [2.75, 3.05) is 19.7 Å². The molecule has 1 unspecified atom stereocenters. The minimum Gasteiger partial charge on any atom is -0.375 e. The first-order chi connectivity index (χ1) is 8.61. The first kappa shape index (κ1) is 13.7. The molecule has 5 heteroatoms. The Balaban J connectivity index is 2.15. The van der Waals surface area contributed by atoms with Gasteiger partial charge in [-0.25, -0.2) is 4.39 Å². The maximum Gasteiger partial charge on any atom is 0.255 e. The number of hydrogen-bond acceptors (Lipinski definition) is 2. The number of carbonyl (C=O) groups excluding carboxylic acids is 1. The lowest BCUT2D eigenvalue weighted by Gasteiger charge is -2.32. The van der Waals surface area contributed by atoms with Gasteiger partial charge in [0.05, 0.1) is 18.3 Å². The fourth-order valence-corrected chi connectivity index (χ4v) is 2.69. The summed E-state index contributed by atoms with van der Waals surface area (Å²) in [4.78, 5) is 14.1. The number of benzene rings is 1. The topological polar surface area (TPSA) is 29.5 Å². The molecule has 0 aromatic heterocycles. The predicted octanol–water partition coefficient (Wildman–Crippen LogP) is 2.68. The van der Waals surface area contributed by atoms with Gasteiger partial charge in [0.2, 0.25) is 0 Å². The second kappa shape index (κ2) is 5.97. The van der Waals surface area contributed by atoms with Crippen LogP contribution >= 0.6 is 22.6 Å². The summed E-state index contributed by atoms with van der Waals surface area (Å²) in [5.74, 6) is -0.356. The number of halogens is 2. The normalized spacial score (nSPS) is 19.9. The fourth-order valence-electron chi connectivity index (χ4n) is 1.98. The zero-order valence-corrected chi connectivity index (χ0v) is 12.3. The fraction of sp³-hybridized carbons (Fsp3) is 0.462. The smallest absolute Gasteiger partial charge is 0.255 e. The molecule has 0 spiro atoms. The largest absolute Gasteiger partial charge is 0.375 e. The number of hydrogen-bond donors (Lipinski definition) is 0. The Morgan fingerprint density at radius 1 is 1.61 bits per heavy atom. The quantitative estimate of drug-likeness (QED) is 0.757. The highest BCUT2D eigenvalue weighted by Crippen LogP contribution is 2.18. The van der Waals surface area contributed by atoms with Crippen LogP contribution in [0.5, 0.6) is 0 Å². The van der Waals surface area contributed by atoms with Gasteiger partial charge in [0.25, 0.3) is 5.91 Å². The van der Waals surface area contributed by atoms with E-state index in [1.165, 1.54) is 12.1 Å². The number of amides is 1. The highest BCUT2D eigenvalue weighted by atomic mass is 127. The lowest BCUT2D eigenvalue weighted by Crippen LogP contribution is -2.45. The molecular weight excluding hydrogens is 348 g/mol. The first-order valence-corrected chi connectivity index (χ1v) is 7.05. The molecule has 1 heterocycles. The van der Waals surface area contributed by atoms with E-state index in [0.717, 1.165) is 6.42 Å². The number of nitrogens with zero attached hydrogens (tertiary/aromatic N) is 1. The monoisotopic (exact) mass is 363 g/mol. The lowest BCUT2D eigenvalue weighted by molar-refractivity contribution is -0.0226. The predicted molar refractivity (Wildman–Crippen MR) is 75.1 cm³/mol. The third-order valence-corrected chi connectivity index (χ3v) is 3.94. The molecule has 0 N–H and O–H groups in total. The highest BCUT2D eigenvalue weighted by molar-refractivity contribution is 14.1. The van der Waals surface area contributed by atoms with Gasteiger partial charge in [-0.2, -0.15) is 0 Å². The highest BCUT2D eigenvalue weighted by Gasteiger charge is 2.25. The average Bonchev–Trinajstić information content (AvgIpc) is 2.38. The molecule has 1 aliphatic rings. The summed E-state index contributed by atoms with van der Waals surface area (Å²) in [6.45, 7) is 3.83. The third kappa shape index (κ3) is 3.00. The van der Waals surface area contributed by atoms with Gasteiger partial charge in [-0.05, 0) is 47.2 Å². The van der Waals surface area contributed by atoms with E-state index < -0.39 is 0 Å². The van der Waals surface area contributed by atoms with Gasteiger partial charge in [-0.15, -0.1) is 0 Å². The van der Waals surface area contributed by atoms with Gasteiger partial charge in [0.15, 0.2) is 0 Å². The van der Waals surface area contributed by atoms with E-state index in [-0.39, 0.29) is 17.8 Å². The lowest BCUT2D eigenvalue weighted by atomic mass is 10.1. The van der Waals surface area contributed by atoms with Crippen LogP contribution in [0.2, 0.25) is 0 Å². The van der Waals surface area contributed by atoms with Gasteiger partial charge in [-0.1, -0.05) is 6.92 Å². The average molecular weight is 363 g/mol. The van der Waals surface area contributed by atoms with E-state index in [1.807, 2.05) is 29.5 Å². The molecule has 1 aromatic rings. The Kier molecular flexibility index (Phi) is 4.55. The van der Waals surface area contributed by atoms with Gasteiger partial charge in [0.1, 0.15) is 5.82 Å². The summed E-state index contributed by atoms with van der Waals surface area (Å²) in [6.07, 6.45) is 1.01. The van der Waals surface area contributed by atoms with Crippen molar-refractivity contribution in [2.45, 2.75) is 19.4 Å². The number of ether oxygens (including phenoxy) is 1. The van der Waals surface area contributed by atoms with E-state index in [4.69, 9.17) is 4.74 Å². The van der Waals surface area contributed by atoms with Crippen LogP contribution in [0, 0.1) is 9.39 Å². The SMILES string of the molecule is CCC1CN(C(=O)c2ccc(F)cc2I)CCO1. The molecule has 1 atom stereocenters. The number of rotatable bonds is 2. The van der Waals surface area contributed by atoms with Crippen LogP contribution in [-0.2, 0) is 4.74 Å². The summed E-state index contributed by atoms with van der Waals surface area (Å²) in [6, 6.07) is 4.26. The summed E-state index contributed by atoms with van der Waals surface area (Å²) < 4.78 is 19.2. The zero-order chi connectivity index (χ0) is 13.1. The minimum absolute atomic E-state index is 0.0406. The number of morpholine rings is 1. The van der Waals surface area contributed by atoms with Gasteiger partial charge < -0.3 is 9.64 Å². The van der Waals surface area contributed by atoms with E-state index in [0.29, 0.717) is 28.8 Å². The molecule has 1 amide bonds. The standard InChI is InChI=1S/C13H15FINO2/c1-2-10-8-16(5-6-18-10)13(17)11-4-3-9(14)7-12(11)15/h3-4,7,10H,2,5-6,8H2,1H3. The van der Waals surface area contributed by atoms with Crippen LogP contribution in [0.25, 0.3) is 0 Å². The van der Waals surface area contributed by atoms with E-state index in [1.54, 1.807) is 11.0 Å². The van der Waals surface area contributed by atoms with E-state index in [9.17, 15) is 9.18 Å². The molecular formula is C13H15FINO2. The van der Waals surface area contributed by atoms with Crippen LogP contribution in [0.1, 0.15) is 23.7 Å². The molecule has 98 valence electrons. The van der Waals surface area contributed by atoms with Crippen molar-refractivity contribution in [3.05, 3.63) is 33.1 Å². The molecule has 1 aromatic carbocycles. The molecule has 0 saturated carbocycles.